The fraction of sp³-hybridized carbons (Fsp3) is 0.500. The normalized spacial score (nSPS) is 21.1. The zero-order valence-corrected chi connectivity index (χ0v) is 14.0. The number of carbonyl (C=O) groups is 1. The Labute approximate surface area is 139 Å². The zero-order valence-electron chi connectivity index (χ0n) is 13.2. The summed E-state index contributed by atoms with van der Waals surface area (Å²) in [4.78, 5) is 20.5. The number of thioether (sulfide) groups is 1. The van der Waals surface area contributed by atoms with Gasteiger partial charge in [-0.05, 0) is 30.9 Å². The Bertz CT molecular complexity index is 645. The molecule has 1 aliphatic carbocycles. The van der Waals surface area contributed by atoms with Crippen LogP contribution in [0.4, 0.5) is 0 Å². The second-order valence-electron chi connectivity index (χ2n) is 5.93. The minimum atomic E-state index is 0.0593. The second-order valence-corrected chi connectivity index (χ2v) is 6.87. The van der Waals surface area contributed by atoms with Crippen molar-refractivity contribution in [2.75, 3.05) is 5.75 Å². The summed E-state index contributed by atoms with van der Waals surface area (Å²) in [5.41, 5.74) is 0.930. The predicted molar refractivity (Wildman–Crippen MR) is 89.9 cm³/mol. The van der Waals surface area contributed by atoms with Crippen LogP contribution in [-0.4, -0.2) is 37.9 Å². The van der Waals surface area contributed by atoms with Crippen LogP contribution in [-0.2, 0) is 4.79 Å². The van der Waals surface area contributed by atoms with Crippen molar-refractivity contribution in [2.24, 2.45) is 5.92 Å². The lowest BCUT2D eigenvalue weighted by atomic mass is 9.86. The summed E-state index contributed by atoms with van der Waals surface area (Å²) >= 11 is 1.35. The average molecular weight is 331 g/mol. The van der Waals surface area contributed by atoms with Gasteiger partial charge < -0.3 is 5.32 Å². The van der Waals surface area contributed by atoms with Crippen LogP contribution in [0.15, 0.2) is 29.7 Å². The maximum atomic E-state index is 12.1. The SMILES string of the molecule is C[C@H]1CCCC[C@H]1NC(=O)CSc1n[nH]c(-c2ccncc2)n1. The van der Waals surface area contributed by atoms with E-state index in [-0.39, 0.29) is 5.91 Å². The number of nitrogens with one attached hydrogen (secondary N) is 2. The van der Waals surface area contributed by atoms with Gasteiger partial charge in [-0.25, -0.2) is 4.98 Å². The summed E-state index contributed by atoms with van der Waals surface area (Å²) in [5, 5.41) is 10.8. The molecule has 0 spiro atoms. The highest BCUT2D eigenvalue weighted by Crippen LogP contribution is 2.24. The van der Waals surface area contributed by atoms with Crippen molar-refractivity contribution in [3.63, 3.8) is 0 Å². The van der Waals surface area contributed by atoms with E-state index in [9.17, 15) is 4.79 Å². The number of pyridine rings is 1. The standard InChI is InChI=1S/C16H21N5OS/c1-11-4-2-3-5-13(11)18-14(22)10-23-16-19-15(20-21-16)12-6-8-17-9-7-12/h6-9,11,13H,2-5,10H2,1H3,(H,18,22)(H,19,20,21)/t11-,13+/m0/s1. The number of amides is 1. The first kappa shape index (κ1) is 16.0. The van der Waals surface area contributed by atoms with Gasteiger partial charge in [0.2, 0.25) is 11.1 Å². The smallest absolute Gasteiger partial charge is 0.230 e. The second kappa shape index (κ2) is 7.59. The van der Waals surface area contributed by atoms with Crippen LogP contribution in [0, 0.1) is 5.92 Å². The summed E-state index contributed by atoms with van der Waals surface area (Å²) in [7, 11) is 0. The Morgan fingerprint density at radius 1 is 1.35 bits per heavy atom. The van der Waals surface area contributed by atoms with Crippen molar-refractivity contribution < 1.29 is 4.79 Å². The molecule has 3 rings (SSSR count). The predicted octanol–water partition coefficient (Wildman–Crippen LogP) is 2.65. The van der Waals surface area contributed by atoms with Gasteiger partial charge in [0.25, 0.3) is 0 Å². The van der Waals surface area contributed by atoms with E-state index in [1.807, 2.05) is 12.1 Å². The quantitative estimate of drug-likeness (QED) is 0.823. The highest BCUT2D eigenvalue weighted by Gasteiger charge is 2.22. The lowest BCUT2D eigenvalue weighted by molar-refractivity contribution is -0.119. The van der Waals surface area contributed by atoms with Gasteiger partial charge in [-0.2, -0.15) is 0 Å². The monoisotopic (exact) mass is 331 g/mol. The molecule has 6 nitrogen and oxygen atoms in total. The molecule has 2 atom stereocenters. The number of rotatable bonds is 5. The van der Waals surface area contributed by atoms with E-state index in [0.29, 0.717) is 28.7 Å². The fourth-order valence-corrected chi connectivity index (χ4v) is 3.47. The number of hydrogen-bond donors (Lipinski definition) is 2. The number of H-pyrrole nitrogens is 1. The molecule has 2 heterocycles. The number of aromatic nitrogens is 4. The summed E-state index contributed by atoms with van der Waals surface area (Å²) < 4.78 is 0. The third-order valence-corrected chi connectivity index (χ3v) is 5.06. The third kappa shape index (κ3) is 4.31. The van der Waals surface area contributed by atoms with Crippen molar-refractivity contribution >= 4 is 17.7 Å². The molecule has 1 amide bonds. The zero-order chi connectivity index (χ0) is 16.1. The molecule has 0 aliphatic heterocycles. The number of carbonyl (C=O) groups excluding carboxylic acids is 1. The van der Waals surface area contributed by atoms with Gasteiger partial charge in [-0.15, -0.1) is 5.10 Å². The van der Waals surface area contributed by atoms with Gasteiger partial charge in [0.05, 0.1) is 5.75 Å². The fourth-order valence-electron chi connectivity index (χ4n) is 2.86. The maximum absolute atomic E-state index is 12.1. The lowest BCUT2D eigenvalue weighted by Crippen LogP contribution is -2.41. The molecule has 2 aromatic heterocycles. The van der Waals surface area contributed by atoms with Gasteiger partial charge in [-0.3, -0.25) is 14.9 Å². The van der Waals surface area contributed by atoms with Crippen LogP contribution in [0.25, 0.3) is 11.4 Å². The molecule has 0 aromatic carbocycles. The molecule has 0 unspecified atom stereocenters. The molecule has 0 saturated heterocycles. The molecule has 122 valence electrons. The maximum Gasteiger partial charge on any atom is 0.230 e. The van der Waals surface area contributed by atoms with Crippen LogP contribution < -0.4 is 5.32 Å². The van der Waals surface area contributed by atoms with Gasteiger partial charge in [0, 0.05) is 24.0 Å². The van der Waals surface area contributed by atoms with Crippen molar-refractivity contribution in [3.8, 4) is 11.4 Å². The molecule has 7 heteroatoms. The van der Waals surface area contributed by atoms with E-state index in [1.54, 1.807) is 12.4 Å². The molecular formula is C16H21N5OS. The molecule has 1 aliphatic rings. The first-order valence-electron chi connectivity index (χ1n) is 7.97. The van der Waals surface area contributed by atoms with Crippen molar-refractivity contribution in [1.29, 1.82) is 0 Å². The van der Waals surface area contributed by atoms with E-state index in [0.717, 1.165) is 12.0 Å². The van der Waals surface area contributed by atoms with Gasteiger partial charge in [-0.1, -0.05) is 31.5 Å². The summed E-state index contributed by atoms with van der Waals surface area (Å²) in [6, 6.07) is 4.05. The summed E-state index contributed by atoms with van der Waals surface area (Å²) in [5.74, 6) is 1.66. The third-order valence-electron chi connectivity index (χ3n) is 4.21. The van der Waals surface area contributed by atoms with Crippen LogP contribution in [0.5, 0.6) is 0 Å². The minimum Gasteiger partial charge on any atom is -0.352 e. The summed E-state index contributed by atoms with van der Waals surface area (Å²) in [6.07, 6.45) is 8.20. The Balaban J connectivity index is 1.50. The van der Waals surface area contributed by atoms with Gasteiger partial charge >= 0.3 is 0 Å². The van der Waals surface area contributed by atoms with Crippen molar-refractivity contribution in [1.82, 2.24) is 25.5 Å². The van der Waals surface area contributed by atoms with E-state index < -0.39 is 0 Å². The molecule has 1 saturated carbocycles. The number of nitrogens with zero attached hydrogens (tertiary/aromatic N) is 3. The van der Waals surface area contributed by atoms with E-state index in [1.165, 1.54) is 31.0 Å². The Morgan fingerprint density at radius 2 is 2.13 bits per heavy atom. The Kier molecular flexibility index (Phi) is 5.27. The molecule has 2 aromatic rings. The van der Waals surface area contributed by atoms with Gasteiger partial charge in [0.1, 0.15) is 0 Å². The topological polar surface area (TPSA) is 83.6 Å². The number of hydrogen-bond acceptors (Lipinski definition) is 5. The molecule has 0 radical (unpaired) electrons. The van der Waals surface area contributed by atoms with Crippen LogP contribution in [0.2, 0.25) is 0 Å². The van der Waals surface area contributed by atoms with E-state index in [4.69, 9.17) is 0 Å². The highest BCUT2D eigenvalue weighted by atomic mass is 32.2. The van der Waals surface area contributed by atoms with Crippen molar-refractivity contribution in [2.45, 2.75) is 43.8 Å². The van der Waals surface area contributed by atoms with Crippen LogP contribution in [0.1, 0.15) is 32.6 Å². The van der Waals surface area contributed by atoms with Crippen LogP contribution in [0.3, 0.4) is 0 Å². The van der Waals surface area contributed by atoms with Crippen molar-refractivity contribution in [3.05, 3.63) is 24.5 Å². The van der Waals surface area contributed by atoms with Crippen LogP contribution >= 0.6 is 11.8 Å². The molecule has 23 heavy (non-hydrogen) atoms. The van der Waals surface area contributed by atoms with Gasteiger partial charge in [0.15, 0.2) is 5.82 Å². The average Bonchev–Trinajstić information content (AvgIpc) is 3.05. The first-order chi connectivity index (χ1) is 11.2. The van der Waals surface area contributed by atoms with E-state index >= 15 is 0 Å². The van der Waals surface area contributed by atoms with E-state index in [2.05, 4.69) is 32.4 Å². The first-order valence-corrected chi connectivity index (χ1v) is 8.96. The Hall–Kier alpha value is -1.89. The molecule has 2 N–H and O–H groups in total. The largest absolute Gasteiger partial charge is 0.352 e. The molecule has 1 fully saturated rings. The highest BCUT2D eigenvalue weighted by molar-refractivity contribution is 7.99. The summed E-state index contributed by atoms with van der Waals surface area (Å²) in [6.45, 7) is 2.22. The minimum absolute atomic E-state index is 0.0593. The number of aromatic amines is 1. The molecule has 0 bridgehead atoms. The molecular weight excluding hydrogens is 310 g/mol. The Morgan fingerprint density at radius 3 is 2.91 bits per heavy atom. The lowest BCUT2D eigenvalue weighted by Gasteiger charge is -2.29.